The maximum atomic E-state index is 13.0. The molecule has 6 nitrogen and oxygen atoms in total. The van der Waals surface area contributed by atoms with Gasteiger partial charge in [0.1, 0.15) is 11.5 Å². The molecule has 1 atom stereocenters. The lowest BCUT2D eigenvalue weighted by molar-refractivity contribution is 0.101. The van der Waals surface area contributed by atoms with Crippen LogP contribution < -0.4 is 14.2 Å². The van der Waals surface area contributed by atoms with Crippen molar-refractivity contribution in [1.29, 1.82) is 0 Å². The Kier molecular flexibility index (Phi) is 5.68. The fourth-order valence-corrected chi connectivity index (χ4v) is 4.14. The Labute approximate surface area is 176 Å². The Bertz CT molecular complexity index is 997. The minimum Gasteiger partial charge on any atom is -0.507 e. The molecule has 1 N–H and O–H groups in total. The molecule has 2 heterocycles. The average molecular weight is 409 g/mol. The van der Waals surface area contributed by atoms with Crippen molar-refractivity contribution in [3.8, 4) is 23.0 Å². The summed E-state index contributed by atoms with van der Waals surface area (Å²) in [7, 11) is 3.14. The number of hydrogen-bond donors (Lipinski definition) is 1. The number of fused-ring (bicyclic) bond motifs is 1. The molecular formula is C24H27NO5. The molecule has 2 aromatic rings. The highest BCUT2D eigenvalue weighted by molar-refractivity contribution is 6.15. The van der Waals surface area contributed by atoms with Crippen LogP contribution in [0.15, 0.2) is 36.1 Å². The molecule has 158 valence electrons. The van der Waals surface area contributed by atoms with E-state index in [1.54, 1.807) is 44.6 Å². The van der Waals surface area contributed by atoms with Gasteiger partial charge in [0.25, 0.3) is 0 Å². The number of methoxy groups -OCH3 is 2. The maximum absolute atomic E-state index is 13.0. The van der Waals surface area contributed by atoms with Crippen LogP contribution in [-0.2, 0) is 6.54 Å². The largest absolute Gasteiger partial charge is 0.507 e. The fraction of sp³-hybridized carbons (Fsp3) is 0.375. The number of ketones is 1. The molecule has 2 aliphatic rings. The minimum atomic E-state index is -0.187. The summed E-state index contributed by atoms with van der Waals surface area (Å²) in [5.41, 5.74) is 1.92. The molecule has 1 saturated heterocycles. The van der Waals surface area contributed by atoms with Crippen LogP contribution in [0.25, 0.3) is 6.08 Å². The van der Waals surface area contributed by atoms with E-state index in [0.29, 0.717) is 41.0 Å². The first-order valence-electron chi connectivity index (χ1n) is 10.3. The number of nitrogens with zero attached hydrogens (tertiary/aromatic N) is 1. The normalized spacial score (nSPS) is 20.2. The third kappa shape index (κ3) is 3.75. The molecule has 0 spiro atoms. The summed E-state index contributed by atoms with van der Waals surface area (Å²) in [6.45, 7) is 3.74. The lowest BCUT2D eigenvalue weighted by Crippen LogP contribution is -2.36. The van der Waals surface area contributed by atoms with E-state index in [-0.39, 0.29) is 17.3 Å². The van der Waals surface area contributed by atoms with Gasteiger partial charge in [-0.1, -0.05) is 12.5 Å². The van der Waals surface area contributed by atoms with Gasteiger partial charge in [0.2, 0.25) is 5.78 Å². The number of carbonyl (C=O) groups is 1. The number of phenolic OH excluding ortho intramolecular Hbond substituents is 1. The molecule has 0 saturated carbocycles. The van der Waals surface area contributed by atoms with Crippen molar-refractivity contribution in [2.45, 2.75) is 38.8 Å². The Balaban J connectivity index is 1.65. The van der Waals surface area contributed by atoms with E-state index in [4.69, 9.17) is 14.2 Å². The second kappa shape index (κ2) is 8.40. The van der Waals surface area contributed by atoms with Crippen molar-refractivity contribution in [1.82, 2.24) is 4.90 Å². The smallest absolute Gasteiger partial charge is 0.231 e. The molecule has 6 heteroatoms. The molecule has 2 aromatic carbocycles. The van der Waals surface area contributed by atoms with Gasteiger partial charge in [-0.3, -0.25) is 9.69 Å². The predicted octanol–water partition coefficient (Wildman–Crippen LogP) is 4.40. The summed E-state index contributed by atoms with van der Waals surface area (Å²) in [6, 6.07) is 9.07. The van der Waals surface area contributed by atoms with Crippen LogP contribution in [0.5, 0.6) is 23.0 Å². The van der Waals surface area contributed by atoms with E-state index in [2.05, 4.69) is 11.8 Å². The van der Waals surface area contributed by atoms with Gasteiger partial charge in [0, 0.05) is 12.6 Å². The molecule has 0 unspecified atom stereocenters. The third-order valence-electron chi connectivity index (χ3n) is 5.92. The second-order valence-electron chi connectivity index (χ2n) is 7.81. The van der Waals surface area contributed by atoms with Crippen LogP contribution in [0.2, 0.25) is 0 Å². The van der Waals surface area contributed by atoms with Gasteiger partial charge in [-0.15, -0.1) is 0 Å². The van der Waals surface area contributed by atoms with Crippen molar-refractivity contribution in [3.63, 3.8) is 0 Å². The minimum absolute atomic E-state index is 0.159. The number of aromatic hydroxyl groups is 1. The monoisotopic (exact) mass is 409 g/mol. The Hall–Kier alpha value is -2.99. The molecule has 30 heavy (non-hydrogen) atoms. The van der Waals surface area contributed by atoms with Crippen molar-refractivity contribution >= 4 is 11.9 Å². The summed E-state index contributed by atoms with van der Waals surface area (Å²) in [6.07, 6.45) is 5.20. The van der Waals surface area contributed by atoms with E-state index in [1.165, 1.54) is 6.42 Å². The van der Waals surface area contributed by atoms with Gasteiger partial charge in [0.15, 0.2) is 17.3 Å². The molecule has 0 bridgehead atoms. The molecule has 0 amide bonds. The van der Waals surface area contributed by atoms with Crippen LogP contribution in [0, 0.1) is 0 Å². The Morgan fingerprint density at radius 1 is 1.17 bits per heavy atom. The van der Waals surface area contributed by atoms with Crippen molar-refractivity contribution in [2.24, 2.45) is 0 Å². The summed E-state index contributed by atoms with van der Waals surface area (Å²) in [5, 5.41) is 10.5. The number of allylic oxidation sites excluding steroid dienone is 1. The zero-order chi connectivity index (χ0) is 21.3. The molecule has 0 aromatic heterocycles. The van der Waals surface area contributed by atoms with Crippen LogP contribution >= 0.6 is 0 Å². The van der Waals surface area contributed by atoms with E-state index >= 15 is 0 Å². The number of rotatable bonds is 5. The molecular weight excluding hydrogens is 382 g/mol. The van der Waals surface area contributed by atoms with Crippen LogP contribution in [0.3, 0.4) is 0 Å². The highest BCUT2D eigenvalue weighted by atomic mass is 16.5. The molecule has 2 aliphatic heterocycles. The topological polar surface area (TPSA) is 68.2 Å². The van der Waals surface area contributed by atoms with Crippen molar-refractivity contribution < 1.29 is 24.1 Å². The SMILES string of the molecule is COc1ccc(/C=C2\Oc3c(ccc(O)c3CN3CCCC[C@@H]3C)C2=O)cc1OC. The Morgan fingerprint density at radius 3 is 2.70 bits per heavy atom. The number of carbonyl (C=O) groups excluding carboxylic acids is 1. The molecule has 1 fully saturated rings. The Morgan fingerprint density at radius 2 is 1.97 bits per heavy atom. The lowest BCUT2D eigenvalue weighted by atomic mass is 10.0. The molecule has 0 aliphatic carbocycles. The van der Waals surface area contributed by atoms with Crippen molar-refractivity contribution in [3.05, 3.63) is 52.8 Å². The standard InChI is InChI=1S/C24H27NO5/c1-15-6-4-5-11-25(15)14-18-19(26)9-8-17-23(27)22(30-24(17)18)13-16-7-10-20(28-2)21(12-16)29-3/h7-10,12-13,15,26H,4-6,11,14H2,1-3H3/b22-13-/t15-/m0/s1. The van der Waals surface area contributed by atoms with Gasteiger partial charge >= 0.3 is 0 Å². The first-order chi connectivity index (χ1) is 14.5. The maximum Gasteiger partial charge on any atom is 0.231 e. The summed E-state index contributed by atoms with van der Waals surface area (Å²) < 4.78 is 16.6. The number of hydrogen-bond acceptors (Lipinski definition) is 6. The predicted molar refractivity (Wildman–Crippen MR) is 114 cm³/mol. The zero-order valence-corrected chi connectivity index (χ0v) is 17.6. The first kappa shape index (κ1) is 20.3. The zero-order valence-electron chi connectivity index (χ0n) is 17.6. The van der Waals surface area contributed by atoms with E-state index < -0.39 is 0 Å². The summed E-state index contributed by atoms with van der Waals surface area (Å²) in [5.74, 6) is 1.86. The highest BCUT2D eigenvalue weighted by Crippen LogP contribution is 2.41. The summed E-state index contributed by atoms with van der Waals surface area (Å²) in [4.78, 5) is 15.3. The van der Waals surface area contributed by atoms with Crippen LogP contribution in [-0.4, -0.2) is 42.6 Å². The average Bonchev–Trinajstić information content (AvgIpc) is 3.07. The molecule has 4 rings (SSSR count). The number of Topliss-reactive ketones (excluding diaryl/α,β-unsaturated/α-hetero) is 1. The number of phenols is 1. The van der Waals surface area contributed by atoms with Gasteiger partial charge in [-0.25, -0.2) is 0 Å². The number of ether oxygens (including phenoxy) is 3. The van der Waals surface area contributed by atoms with Gasteiger partial charge in [0.05, 0.1) is 25.3 Å². The summed E-state index contributed by atoms with van der Waals surface area (Å²) >= 11 is 0. The fourth-order valence-electron chi connectivity index (χ4n) is 4.14. The first-order valence-corrected chi connectivity index (χ1v) is 10.3. The van der Waals surface area contributed by atoms with E-state index in [0.717, 1.165) is 24.9 Å². The van der Waals surface area contributed by atoms with Gasteiger partial charge in [-0.2, -0.15) is 0 Å². The highest BCUT2D eigenvalue weighted by Gasteiger charge is 2.32. The lowest BCUT2D eigenvalue weighted by Gasteiger charge is -2.33. The number of benzene rings is 2. The number of likely N-dealkylation sites (tertiary alicyclic amines) is 1. The van der Waals surface area contributed by atoms with Gasteiger partial charge in [-0.05, 0) is 62.2 Å². The number of piperidine rings is 1. The second-order valence-corrected chi connectivity index (χ2v) is 7.81. The van der Waals surface area contributed by atoms with E-state index in [1.807, 2.05) is 6.07 Å². The third-order valence-corrected chi connectivity index (χ3v) is 5.92. The molecule has 0 radical (unpaired) electrons. The van der Waals surface area contributed by atoms with Crippen LogP contribution in [0.4, 0.5) is 0 Å². The van der Waals surface area contributed by atoms with Crippen molar-refractivity contribution in [2.75, 3.05) is 20.8 Å². The van der Waals surface area contributed by atoms with E-state index in [9.17, 15) is 9.90 Å². The van der Waals surface area contributed by atoms with Gasteiger partial charge < -0.3 is 19.3 Å². The van der Waals surface area contributed by atoms with Crippen LogP contribution in [0.1, 0.15) is 47.7 Å². The quantitative estimate of drug-likeness (QED) is 0.739.